The molecule has 4 heteroatoms. The Bertz CT molecular complexity index is 377. The number of nitrogens with two attached hydrogens (primary N) is 1. The van der Waals surface area contributed by atoms with Gasteiger partial charge in [-0.15, -0.1) is 0 Å². The normalized spacial score (nSPS) is 20.6. The summed E-state index contributed by atoms with van der Waals surface area (Å²) in [6, 6.07) is 8.89. The van der Waals surface area contributed by atoms with Crippen molar-refractivity contribution in [3.8, 4) is 0 Å². The smallest absolute Gasteiger partial charge is 0.0320 e. The van der Waals surface area contributed by atoms with E-state index in [-0.39, 0.29) is 6.04 Å². The van der Waals surface area contributed by atoms with Gasteiger partial charge in [-0.3, -0.25) is 4.90 Å². The Morgan fingerprint density at radius 2 is 2.00 bits per heavy atom. The molecule has 1 aromatic carbocycles. The van der Waals surface area contributed by atoms with E-state index in [4.69, 9.17) is 5.73 Å². The monoisotopic (exact) mass is 311 g/mol. The number of benzene rings is 1. The third-order valence-corrected chi connectivity index (χ3v) is 4.40. The van der Waals surface area contributed by atoms with E-state index < -0.39 is 0 Å². The average Bonchev–Trinajstić information content (AvgIpc) is 2.40. The van der Waals surface area contributed by atoms with Crippen molar-refractivity contribution in [2.75, 3.05) is 26.2 Å². The summed E-state index contributed by atoms with van der Waals surface area (Å²) in [7, 11) is 0. The van der Waals surface area contributed by atoms with Crippen LogP contribution in [0.3, 0.4) is 0 Å². The fourth-order valence-electron chi connectivity index (χ4n) is 2.54. The van der Waals surface area contributed by atoms with E-state index in [0.717, 1.165) is 37.1 Å². The van der Waals surface area contributed by atoms with Gasteiger partial charge < -0.3 is 11.1 Å². The molecular weight excluding hydrogens is 290 g/mol. The van der Waals surface area contributed by atoms with Gasteiger partial charge >= 0.3 is 0 Å². The molecule has 2 atom stereocenters. The van der Waals surface area contributed by atoms with Gasteiger partial charge in [0.25, 0.3) is 0 Å². The van der Waals surface area contributed by atoms with E-state index in [1.165, 1.54) is 5.56 Å². The fraction of sp³-hybridized carbons (Fsp3) is 0.571. The highest BCUT2D eigenvalue weighted by Crippen LogP contribution is 2.25. The van der Waals surface area contributed by atoms with Crippen LogP contribution in [0.25, 0.3) is 0 Å². The first-order valence-corrected chi connectivity index (χ1v) is 7.42. The highest BCUT2D eigenvalue weighted by molar-refractivity contribution is 9.10. The van der Waals surface area contributed by atoms with Crippen molar-refractivity contribution < 1.29 is 0 Å². The van der Waals surface area contributed by atoms with E-state index in [2.05, 4.69) is 51.3 Å². The van der Waals surface area contributed by atoms with Crippen LogP contribution in [0.4, 0.5) is 0 Å². The molecule has 0 saturated carbocycles. The lowest BCUT2D eigenvalue weighted by Crippen LogP contribution is -2.48. The third kappa shape index (κ3) is 3.54. The van der Waals surface area contributed by atoms with Gasteiger partial charge in [-0.05, 0) is 25.0 Å². The molecule has 1 fully saturated rings. The lowest BCUT2D eigenvalue weighted by molar-refractivity contribution is 0.170. The molecular formula is C14H22BrN3. The minimum Gasteiger partial charge on any atom is -0.324 e. The molecule has 1 aliphatic rings. The quantitative estimate of drug-likeness (QED) is 0.895. The molecule has 1 aliphatic heterocycles. The molecule has 1 saturated heterocycles. The Morgan fingerprint density at radius 3 is 2.67 bits per heavy atom. The average molecular weight is 312 g/mol. The second kappa shape index (κ2) is 6.66. The van der Waals surface area contributed by atoms with E-state index in [1.54, 1.807) is 0 Å². The van der Waals surface area contributed by atoms with Crippen LogP contribution < -0.4 is 11.1 Å². The summed E-state index contributed by atoms with van der Waals surface area (Å²) in [6.07, 6.45) is 1.00. The maximum absolute atomic E-state index is 6.33. The van der Waals surface area contributed by atoms with Gasteiger partial charge in [0.05, 0.1) is 0 Å². The number of hydrogen-bond donors (Lipinski definition) is 2. The summed E-state index contributed by atoms with van der Waals surface area (Å²) in [4.78, 5) is 2.52. The first kappa shape index (κ1) is 14.0. The van der Waals surface area contributed by atoms with Crippen molar-refractivity contribution in [2.45, 2.75) is 25.4 Å². The molecule has 2 unspecified atom stereocenters. The van der Waals surface area contributed by atoms with E-state index >= 15 is 0 Å². The molecule has 0 aromatic heterocycles. The van der Waals surface area contributed by atoms with Crippen LogP contribution in [0.5, 0.6) is 0 Å². The maximum atomic E-state index is 6.33. The zero-order valence-corrected chi connectivity index (χ0v) is 12.5. The van der Waals surface area contributed by atoms with Crippen molar-refractivity contribution in [1.29, 1.82) is 0 Å². The van der Waals surface area contributed by atoms with Crippen LogP contribution in [-0.4, -0.2) is 37.1 Å². The predicted octanol–water partition coefficient (Wildman–Crippen LogP) is 2.13. The van der Waals surface area contributed by atoms with Gasteiger partial charge in [-0.1, -0.05) is 34.1 Å². The second-order valence-electron chi connectivity index (χ2n) is 5.00. The van der Waals surface area contributed by atoms with Gasteiger partial charge in [-0.2, -0.15) is 0 Å². The fourth-order valence-corrected chi connectivity index (χ4v) is 3.12. The molecule has 3 nitrogen and oxygen atoms in total. The summed E-state index contributed by atoms with van der Waals surface area (Å²) in [5.74, 6) is 0. The first-order valence-electron chi connectivity index (χ1n) is 6.63. The predicted molar refractivity (Wildman–Crippen MR) is 79.6 cm³/mol. The van der Waals surface area contributed by atoms with E-state index in [9.17, 15) is 0 Å². The number of nitrogens with one attached hydrogen (secondary N) is 1. The highest BCUT2D eigenvalue weighted by atomic mass is 79.9. The Kier molecular flexibility index (Phi) is 5.18. The van der Waals surface area contributed by atoms with Crippen LogP contribution in [-0.2, 0) is 0 Å². The van der Waals surface area contributed by atoms with Crippen molar-refractivity contribution >= 4 is 15.9 Å². The highest BCUT2D eigenvalue weighted by Gasteiger charge is 2.20. The molecule has 1 aromatic rings. The second-order valence-corrected chi connectivity index (χ2v) is 5.85. The van der Waals surface area contributed by atoms with Gasteiger partial charge in [0.1, 0.15) is 0 Å². The maximum Gasteiger partial charge on any atom is 0.0320 e. The van der Waals surface area contributed by atoms with Crippen molar-refractivity contribution in [3.05, 3.63) is 34.3 Å². The minimum atomic E-state index is 0.102. The summed E-state index contributed by atoms with van der Waals surface area (Å²) < 4.78 is 1.12. The van der Waals surface area contributed by atoms with Crippen LogP contribution >= 0.6 is 15.9 Å². The van der Waals surface area contributed by atoms with Crippen molar-refractivity contribution in [2.24, 2.45) is 5.73 Å². The van der Waals surface area contributed by atoms with Gasteiger partial charge in [0.15, 0.2) is 0 Å². The van der Waals surface area contributed by atoms with E-state index in [0.29, 0.717) is 6.04 Å². The lowest BCUT2D eigenvalue weighted by atomic mass is 10.00. The molecule has 0 bridgehead atoms. The SMILES string of the molecule is CC(CC(N)c1ccccc1Br)N1CCNCC1. The van der Waals surface area contributed by atoms with Crippen LogP contribution in [0.15, 0.2) is 28.7 Å². The Morgan fingerprint density at radius 1 is 1.33 bits per heavy atom. The largest absolute Gasteiger partial charge is 0.324 e. The summed E-state index contributed by atoms with van der Waals surface area (Å²) in [6.45, 7) is 6.72. The van der Waals surface area contributed by atoms with Gasteiger partial charge in [0.2, 0.25) is 0 Å². The van der Waals surface area contributed by atoms with Crippen LogP contribution in [0.2, 0.25) is 0 Å². The molecule has 0 amide bonds. The standard InChI is InChI=1S/C14H22BrN3/c1-11(18-8-6-17-7-9-18)10-14(16)12-4-2-3-5-13(12)15/h2-5,11,14,17H,6-10,16H2,1H3. The Labute approximate surface area is 118 Å². The molecule has 100 valence electrons. The molecule has 3 N–H and O–H groups in total. The number of rotatable bonds is 4. The molecule has 0 spiro atoms. The number of nitrogens with zero attached hydrogens (tertiary/aromatic N) is 1. The number of hydrogen-bond acceptors (Lipinski definition) is 3. The van der Waals surface area contributed by atoms with Crippen LogP contribution in [0.1, 0.15) is 24.9 Å². The van der Waals surface area contributed by atoms with E-state index in [1.807, 2.05) is 6.07 Å². The zero-order chi connectivity index (χ0) is 13.0. The van der Waals surface area contributed by atoms with Crippen molar-refractivity contribution in [3.63, 3.8) is 0 Å². The molecule has 18 heavy (non-hydrogen) atoms. The summed E-state index contributed by atoms with van der Waals surface area (Å²) >= 11 is 3.58. The van der Waals surface area contributed by atoms with Gasteiger partial charge in [-0.25, -0.2) is 0 Å². The van der Waals surface area contributed by atoms with Crippen molar-refractivity contribution in [1.82, 2.24) is 10.2 Å². The van der Waals surface area contributed by atoms with Crippen LogP contribution in [0, 0.1) is 0 Å². The Balaban J connectivity index is 1.94. The molecule has 2 rings (SSSR count). The molecule has 1 heterocycles. The number of halogens is 1. The zero-order valence-electron chi connectivity index (χ0n) is 10.9. The minimum absolute atomic E-state index is 0.102. The number of piperazine rings is 1. The van der Waals surface area contributed by atoms with Gasteiger partial charge in [0, 0.05) is 42.7 Å². The summed E-state index contributed by atoms with van der Waals surface area (Å²) in [5.41, 5.74) is 7.54. The lowest BCUT2D eigenvalue weighted by Gasteiger charge is -2.34. The first-order chi connectivity index (χ1) is 8.68. The third-order valence-electron chi connectivity index (χ3n) is 3.67. The summed E-state index contributed by atoms with van der Waals surface area (Å²) in [5, 5.41) is 3.38. The molecule has 0 aliphatic carbocycles. The Hall–Kier alpha value is -0.420. The molecule has 0 radical (unpaired) electrons. The topological polar surface area (TPSA) is 41.3 Å².